The Kier molecular flexibility index (Phi) is 8.52. The van der Waals surface area contributed by atoms with Gasteiger partial charge in [-0.25, -0.2) is 4.98 Å². The number of hydrogen-bond donors (Lipinski definition) is 1. The van der Waals surface area contributed by atoms with E-state index in [-0.39, 0.29) is 27.8 Å². The summed E-state index contributed by atoms with van der Waals surface area (Å²) in [5.74, 6) is 0.664. The van der Waals surface area contributed by atoms with E-state index in [2.05, 4.69) is 141 Å². The highest BCUT2D eigenvalue weighted by molar-refractivity contribution is 5.98. The van der Waals surface area contributed by atoms with E-state index in [1.807, 2.05) is 48.5 Å². The minimum Gasteiger partial charge on any atom is -0.507 e. The van der Waals surface area contributed by atoms with Crippen LogP contribution in [-0.2, 0) is 21.7 Å². The Morgan fingerprint density at radius 1 is 0.594 bits per heavy atom. The zero-order valence-corrected chi connectivity index (χ0v) is 39.2. The molecule has 2 aromatic heterocycles. The second kappa shape index (κ2) is 16.4. The van der Waals surface area contributed by atoms with Gasteiger partial charge in [0.15, 0.2) is 0 Å². The second-order valence-corrected chi connectivity index (χ2v) is 20.7. The molecular formula is C60H65N3O. The Hall–Kier alpha value is -6.26. The van der Waals surface area contributed by atoms with Crippen molar-refractivity contribution in [2.45, 2.75) is 118 Å². The van der Waals surface area contributed by atoms with Gasteiger partial charge in [-0.15, -0.1) is 0 Å². The maximum Gasteiger partial charge on any atom is 0.149 e. The molecule has 0 saturated carbocycles. The lowest BCUT2D eigenvalue weighted by Gasteiger charge is -2.28. The molecule has 326 valence electrons. The Bertz CT molecular complexity index is 3510. The van der Waals surface area contributed by atoms with Crippen molar-refractivity contribution in [3.8, 4) is 67.5 Å². The molecule has 1 N–H and O–H groups in total. The predicted octanol–water partition coefficient (Wildman–Crippen LogP) is 16.3. The van der Waals surface area contributed by atoms with Crippen LogP contribution < -0.4 is 0 Å². The second-order valence-electron chi connectivity index (χ2n) is 20.7. The average Bonchev–Trinajstić information content (AvgIpc) is 3.71. The third kappa shape index (κ3) is 8.55. The van der Waals surface area contributed by atoms with Gasteiger partial charge in [0.2, 0.25) is 0 Å². The minimum atomic E-state index is -2.97. The van der Waals surface area contributed by atoms with Crippen LogP contribution in [0.1, 0.15) is 131 Å². The van der Waals surface area contributed by atoms with Crippen molar-refractivity contribution in [1.29, 1.82) is 0 Å². The number of phenolic OH excluding ortho intramolecular Hbond substituents is 1. The fourth-order valence-corrected chi connectivity index (χ4v) is 8.14. The standard InChI is InChI=1S/C60H65N3O/c1-14-60(12,13)44-27-28-52(48(35-44)40-19-16-15-17-20-40)63-53-22-18-21-47(54(53)62-56(63)49-36-46(58(6,7)8)37-50(55(49)64)59(9,10)11)42-31-43(33-45(32-42)57(3,4)5)51-34-41(29-30-61-51)39-25-23-38(2)24-26-39/h15-37,64H,14H2,1-13H3/i2D3,23D,24D,25D,26D,29D,30D,34D. The van der Waals surface area contributed by atoms with E-state index in [1.165, 1.54) is 5.56 Å². The highest BCUT2D eigenvalue weighted by Gasteiger charge is 2.30. The Morgan fingerprint density at radius 2 is 1.27 bits per heavy atom. The Labute approximate surface area is 396 Å². The van der Waals surface area contributed by atoms with E-state index < -0.39 is 71.2 Å². The van der Waals surface area contributed by atoms with Crippen molar-refractivity contribution in [3.63, 3.8) is 0 Å². The maximum absolute atomic E-state index is 12.6. The molecule has 0 bridgehead atoms. The summed E-state index contributed by atoms with van der Waals surface area (Å²) in [5.41, 5.74) is 7.48. The van der Waals surface area contributed by atoms with Crippen LogP contribution in [0.4, 0.5) is 0 Å². The SMILES string of the molecule is [2H]c1nc(-c2cc(-c3cccc4c3nc(-c3cc(C(C)(C)C)cc(C(C)(C)C)c3O)n4-c3ccc(C(C)(C)CC)cc3-c3ccccc3)cc(C(C)(C)C)c2)c([2H])c(-c2c([2H])c([2H])c(C([2H])([2H])[2H])c([2H])c2[2H])c1[2H]. The van der Waals surface area contributed by atoms with Crippen LogP contribution in [0.25, 0.3) is 72.7 Å². The van der Waals surface area contributed by atoms with Crippen LogP contribution in [0.2, 0.25) is 0 Å². The summed E-state index contributed by atoms with van der Waals surface area (Å²) in [7, 11) is 0. The van der Waals surface area contributed by atoms with Crippen LogP contribution in [0.3, 0.4) is 0 Å². The fourth-order valence-electron chi connectivity index (χ4n) is 8.14. The number of benzene rings is 6. The van der Waals surface area contributed by atoms with Gasteiger partial charge >= 0.3 is 0 Å². The molecule has 4 heteroatoms. The zero-order chi connectivity index (χ0) is 54.5. The van der Waals surface area contributed by atoms with Gasteiger partial charge < -0.3 is 5.11 Å². The van der Waals surface area contributed by atoms with Gasteiger partial charge in [0.05, 0.1) is 37.6 Å². The molecule has 2 heterocycles. The highest BCUT2D eigenvalue weighted by atomic mass is 16.3. The first-order chi connectivity index (χ1) is 34.3. The molecule has 0 fully saturated rings. The number of nitrogens with zero attached hydrogens (tertiary/aromatic N) is 3. The van der Waals surface area contributed by atoms with Gasteiger partial charge in [-0.3, -0.25) is 9.55 Å². The predicted molar refractivity (Wildman–Crippen MR) is 272 cm³/mol. The number of aromatic hydroxyl groups is 1. The summed E-state index contributed by atoms with van der Waals surface area (Å²) in [6.07, 6.45) is 0.358. The summed E-state index contributed by atoms with van der Waals surface area (Å²) < 4.78 is 88.5. The average molecular weight is 854 g/mol. The number of para-hydroxylation sites is 1. The third-order valence-corrected chi connectivity index (χ3v) is 12.5. The molecule has 0 aliphatic heterocycles. The van der Waals surface area contributed by atoms with E-state index in [0.29, 0.717) is 28.0 Å². The van der Waals surface area contributed by atoms with Crippen LogP contribution in [0.15, 0.2) is 139 Å². The van der Waals surface area contributed by atoms with E-state index in [4.69, 9.17) is 17.3 Å². The topological polar surface area (TPSA) is 50.9 Å². The molecule has 8 rings (SSSR count). The largest absolute Gasteiger partial charge is 0.507 e. The van der Waals surface area contributed by atoms with Gasteiger partial charge in [-0.05, 0) is 122 Å². The van der Waals surface area contributed by atoms with Gasteiger partial charge in [-0.1, -0.05) is 173 Å². The van der Waals surface area contributed by atoms with E-state index in [1.54, 1.807) is 0 Å². The van der Waals surface area contributed by atoms with Crippen molar-refractivity contribution in [2.75, 3.05) is 0 Å². The fraction of sp³-hybridized carbons (Fsp3) is 0.300. The molecule has 0 unspecified atom stereocenters. The normalized spacial score (nSPS) is 15.0. The molecule has 0 aliphatic rings. The lowest BCUT2D eigenvalue weighted by atomic mass is 9.78. The van der Waals surface area contributed by atoms with E-state index in [0.717, 1.165) is 51.0 Å². The molecule has 0 aliphatic carbocycles. The van der Waals surface area contributed by atoms with Crippen molar-refractivity contribution >= 4 is 11.0 Å². The van der Waals surface area contributed by atoms with E-state index >= 15 is 0 Å². The summed E-state index contributed by atoms with van der Waals surface area (Å²) in [4.78, 5) is 10.1. The van der Waals surface area contributed by atoms with Crippen LogP contribution >= 0.6 is 0 Å². The first-order valence-corrected chi connectivity index (χ1v) is 22.1. The monoisotopic (exact) mass is 854 g/mol. The Morgan fingerprint density at radius 3 is 1.92 bits per heavy atom. The minimum absolute atomic E-state index is 0.0373. The summed E-state index contributed by atoms with van der Waals surface area (Å²) in [6.45, 7) is 22.6. The number of pyridine rings is 1. The highest BCUT2D eigenvalue weighted by Crippen LogP contribution is 2.46. The van der Waals surface area contributed by atoms with Gasteiger partial charge in [0, 0.05) is 32.5 Å². The number of aromatic nitrogens is 3. The number of hydrogen-bond acceptors (Lipinski definition) is 3. The number of imidazole rings is 1. The summed E-state index contributed by atoms with van der Waals surface area (Å²) in [5, 5.41) is 12.6. The molecule has 64 heavy (non-hydrogen) atoms. The molecule has 0 atom stereocenters. The zero-order valence-electron chi connectivity index (χ0n) is 49.2. The molecule has 0 amide bonds. The first-order valence-electron chi connectivity index (χ1n) is 27.1. The lowest BCUT2D eigenvalue weighted by molar-refractivity contribution is 0.446. The molecular weight excluding hydrogens is 779 g/mol. The third-order valence-electron chi connectivity index (χ3n) is 12.5. The molecule has 0 radical (unpaired) electrons. The van der Waals surface area contributed by atoms with Crippen molar-refractivity contribution in [2.24, 2.45) is 0 Å². The first kappa shape index (κ1) is 33.3. The smallest absolute Gasteiger partial charge is 0.149 e. The van der Waals surface area contributed by atoms with Crippen LogP contribution in [0, 0.1) is 6.85 Å². The molecule has 4 nitrogen and oxygen atoms in total. The summed E-state index contributed by atoms with van der Waals surface area (Å²) in [6, 6.07) is 28.7. The van der Waals surface area contributed by atoms with Gasteiger partial charge in [-0.2, -0.15) is 0 Å². The lowest BCUT2D eigenvalue weighted by Crippen LogP contribution is -2.17. The maximum atomic E-state index is 12.6. The molecule has 0 saturated heterocycles. The Balaban J connectivity index is 1.49. The van der Waals surface area contributed by atoms with E-state index in [9.17, 15) is 6.48 Å². The molecule has 8 aromatic rings. The summed E-state index contributed by atoms with van der Waals surface area (Å²) >= 11 is 0. The van der Waals surface area contributed by atoms with Crippen LogP contribution in [-0.4, -0.2) is 19.6 Å². The number of fused-ring (bicyclic) bond motifs is 1. The van der Waals surface area contributed by atoms with Gasteiger partial charge in [0.25, 0.3) is 0 Å². The number of phenols is 1. The van der Waals surface area contributed by atoms with Gasteiger partial charge in [0.1, 0.15) is 11.6 Å². The number of rotatable bonds is 8. The van der Waals surface area contributed by atoms with Crippen molar-refractivity contribution in [1.82, 2.24) is 14.5 Å². The molecule has 0 spiro atoms. The van der Waals surface area contributed by atoms with Crippen LogP contribution in [0.5, 0.6) is 5.75 Å². The van der Waals surface area contributed by atoms with Crippen molar-refractivity contribution < 1.29 is 18.8 Å². The quantitative estimate of drug-likeness (QED) is 0.166. The van der Waals surface area contributed by atoms with Crippen molar-refractivity contribution in [3.05, 3.63) is 167 Å². The molecule has 6 aromatic carbocycles.